The predicted molar refractivity (Wildman–Crippen MR) is 85.1 cm³/mol. The highest BCUT2D eigenvalue weighted by atomic mass is 15.3. The van der Waals surface area contributed by atoms with Crippen molar-refractivity contribution in [3.05, 3.63) is 42.1 Å². The monoisotopic (exact) mass is 280 g/mol. The largest absolute Gasteiger partial charge is 0.367 e. The first-order valence-corrected chi connectivity index (χ1v) is 7.85. The van der Waals surface area contributed by atoms with Gasteiger partial charge in [0.15, 0.2) is 0 Å². The summed E-state index contributed by atoms with van der Waals surface area (Å²) >= 11 is 0. The molecule has 1 aromatic heterocycles. The standard InChI is InChI=1S/C17H20N4/c1-4-8-15-13(5-1)10-12-21(15)17-18-11-9-16(20-17)19-14-6-2-3-7-14/h1,4-5,8-9,11,14H,2-3,6-7,10,12H2,(H,18,19,20). The molecule has 4 nitrogen and oxygen atoms in total. The number of hydrogen-bond donors (Lipinski definition) is 1. The number of fused-ring (bicyclic) bond motifs is 1. The lowest BCUT2D eigenvalue weighted by Gasteiger charge is -2.19. The number of nitrogens with one attached hydrogen (secondary N) is 1. The summed E-state index contributed by atoms with van der Waals surface area (Å²) in [7, 11) is 0. The van der Waals surface area contributed by atoms with Crippen LogP contribution in [0.15, 0.2) is 36.5 Å². The normalized spacial score (nSPS) is 18.0. The molecule has 0 spiro atoms. The van der Waals surface area contributed by atoms with Crippen LogP contribution in [0.3, 0.4) is 0 Å². The number of aromatic nitrogens is 2. The Morgan fingerprint density at radius 2 is 1.95 bits per heavy atom. The van der Waals surface area contributed by atoms with Crippen LogP contribution in [0, 0.1) is 0 Å². The minimum absolute atomic E-state index is 0.582. The Morgan fingerprint density at radius 3 is 2.86 bits per heavy atom. The Kier molecular flexibility index (Phi) is 3.22. The van der Waals surface area contributed by atoms with E-state index < -0.39 is 0 Å². The van der Waals surface area contributed by atoms with Crippen LogP contribution in [-0.4, -0.2) is 22.6 Å². The molecule has 108 valence electrons. The van der Waals surface area contributed by atoms with Crippen molar-refractivity contribution in [2.24, 2.45) is 0 Å². The predicted octanol–water partition coefficient (Wildman–Crippen LogP) is 3.53. The van der Waals surface area contributed by atoms with Gasteiger partial charge in [-0.15, -0.1) is 0 Å². The first-order chi connectivity index (χ1) is 10.4. The first kappa shape index (κ1) is 12.6. The van der Waals surface area contributed by atoms with Crippen LogP contribution in [0.25, 0.3) is 0 Å². The summed E-state index contributed by atoms with van der Waals surface area (Å²) < 4.78 is 0. The smallest absolute Gasteiger partial charge is 0.231 e. The molecular formula is C17H20N4. The fourth-order valence-electron chi connectivity index (χ4n) is 3.38. The number of para-hydroxylation sites is 1. The van der Waals surface area contributed by atoms with Gasteiger partial charge in [-0.25, -0.2) is 4.98 Å². The van der Waals surface area contributed by atoms with Gasteiger partial charge in [0.05, 0.1) is 0 Å². The summed E-state index contributed by atoms with van der Waals surface area (Å²) in [6.45, 7) is 0.965. The zero-order chi connectivity index (χ0) is 14.1. The van der Waals surface area contributed by atoms with E-state index in [2.05, 4.69) is 39.5 Å². The highest BCUT2D eigenvalue weighted by molar-refractivity contribution is 5.66. The van der Waals surface area contributed by atoms with E-state index in [0.29, 0.717) is 6.04 Å². The van der Waals surface area contributed by atoms with Gasteiger partial charge in [-0.05, 0) is 37.0 Å². The van der Waals surface area contributed by atoms with Crippen LogP contribution in [0.4, 0.5) is 17.5 Å². The van der Waals surface area contributed by atoms with E-state index in [1.54, 1.807) is 0 Å². The number of benzene rings is 1. The number of hydrogen-bond acceptors (Lipinski definition) is 4. The fourth-order valence-corrected chi connectivity index (χ4v) is 3.38. The maximum absolute atomic E-state index is 4.72. The van der Waals surface area contributed by atoms with Crippen molar-refractivity contribution >= 4 is 17.5 Å². The quantitative estimate of drug-likeness (QED) is 0.934. The van der Waals surface area contributed by atoms with Crippen LogP contribution in [0.2, 0.25) is 0 Å². The van der Waals surface area contributed by atoms with Gasteiger partial charge >= 0.3 is 0 Å². The summed E-state index contributed by atoms with van der Waals surface area (Å²) in [5, 5.41) is 3.55. The van der Waals surface area contributed by atoms with Crippen LogP contribution in [0.5, 0.6) is 0 Å². The van der Waals surface area contributed by atoms with Crippen molar-refractivity contribution < 1.29 is 0 Å². The van der Waals surface area contributed by atoms with Crippen LogP contribution in [-0.2, 0) is 6.42 Å². The van der Waals surface area contributed by atoms with Gasteiger partial charge in [0, 0.05) is 24.5 Å². The molecule has 0 amide bonds. The Bertz CT molecular complexity index is 634. The van der Waals surface area contributed by atoms with Crippen molar-refractivity contribution in [1.82, 2.24) is 9.97 Å². The second kappa shape index (κ2) is 5.35. The Hall–Kier alpha value is -2.10. The second-order valence-electron chi connectivity index (χ2n) is 5.90. The Balaban J connectivity index is 1.58. The second-order valence-corrected chi connectivity index (χ2v) is 5.90. The maximum Gasteiger partial charge on any atom is 0.231 e. The lowest BCUT2D eigenvalue weighted by molar-refractivity contribution is 0.749. The summed E-state index contributed by atoms with van der Waals surface area (Å²) in [5.74, 6) is 1.76. The van der Waals surface area contributed by atoms with Gasteiger partial charge in [-0.3, -0.25) is 0 Å². The third-order valence-electron chi connectivity index (χ3n) is 4.48. The molecule has 1 N–H and O–H groups in total. The first-order valence-electron chi connectivity index (χ1n) is 7.85. The van der Waals surface area contributed by atoms with Crippen molar-refractivity contribution in [3.8, 4) is 0 Å². The van der Waals surface area contributed by atoms with Crippen molar-refractivity contribution in [1.29, 1.82) is 0 Å². The van der Waals surface area contributed by atoms with Crippen LogP contribution in [0.1, 0.15) is 31.2 Å². The SMILES string of the molecule is c1ccc2c(c1)CCN2c1nccc(NC2CCCC2)n1. The van der Waals surface area contributed by atoms with E-state index in [1.165, 1.54) is 36.9 Å². The molecule has 1 saturated carbocycles. The van der Waals surface area contributed by atoms with Gasteiger partial charge in [0.25, 0.3) is 0 Å². The minimum atomic E-state index is 0.582. The highest BCUT2D eigenvalue weighted by Gasteiger charge is 2.22. The average molecular weight is 280 g/mol. The molecule has 0 saturated heterocycles. The van der Waals surface area contributed by atoms with Gasteiger partial charge < -0.3 is 10.2 Å². The molecule has 0 unspecified atom stereocenters. The molecule has 2 aromatic rings. The van der Waals surface area contributed by atoms with E-state index in [-0.39, 0.29) is 0 Å². The third kappa shape index (κ3) is 2.46. The zero-order valence-electron chi connectivity index (χ0n) is 12.1. The molecule has 2 aliphatic rings. The molecule has 1 aliphatic carbocycles. The molecule has 21 heavy (non-hydrogen) atoms. The third-order valence-corrected chi connectivity index (χ3v) is 4.48. The molecule has 1 aliphatic heterocycles. The molecular weight excluding hydrogens is 260 g/mol. The van der Waals surface area contributed by atoms with Crippen molar-refractivity contribution in [3.63, 3.8) is 0 Å². The number of anilines is 3. The number of rotatable bonds is 3. The van der Waals surface area contributed by atoms with Crippen LogP contribution < -0.4 is 10.2 Å². The summed E-state index contributed by atoms with van der Waals surface area (Å²) in [4.78, 5) is 11.4. The molecule has 0 atom stereocenters. The summed E-state index contributed by atoms with van der Waals surface area (Å²) in [6, 6.07) is 11.1. The molecule has 1 aromatic carbocycles. The average Bonchev–Trinajstić information content (AvgIpc) is 3.16. The molecule has 0 radical (unpaired) electrons. The maximum atomic E-state index is 4.72. The molecule has 2 heterocycles. The van der Waals surface area contributed by atoms with E-state index >= 15 is 0 Å². The zero-order valence-corrected chi connectivity index (χ0v) is 12.1. The van der Waals surface area contributed by atoms with Gasteiger partial charge in [-0.2, -0.15) is 4.98 Å². The van der Waals surface area contributed by atoms with Crippen molar-refractivity contribution in [2.75, 3.05) is 16.8 Å². The van der Waals surface area contributed by atoms with E-state index in [4.69, 9.17) is 4.98 Å². The molecule has 0 bridgehead atoms. The number of nitrogens with zero attached hydrogens (tertiary/aromatic N) is 3. The summed E-state index contributed by atoms with van der Waals surface area (Å²) in [5.41, 5.74) is 2.63. The fraction of sp³-hybridized carbons (Fsp3) is 0.412. The van der Waals surface area contributed by atoms with Gasteiger partial charge in [-0.1, -0.05) is 31.0 Å². The van der Waals surface area contributed by atoms with E-state index in [0.717, 1.165) is 24.7 Å². The summed E-state index contributed by atoms with van der Waals surface area (Å²) in [6.07, 6.45) is 8.10. The lowest BCUT2D eigenvalue weighted by atomic mass is 10.2. The highest BCUT2D eigenvalue weighted by Crippen LogP contribution is 2.32. The Labute approximate surface area is 125 Å². The molecule has 4 rings (SSSR count). The molecule has 1 fully saturated rings. The van der Waals surface area contributed by atoms with E-state index in [1.807, 2.05) is 12.3 Å². The topological polar surface area (TPSA) is 41.1 Å². The lowest BCUT2D eigenvalue weighted by Crippen LogP contribution is -2.19. The minimum Gasteiger partial charge on any atom is -0.367 e. The van der Waals surface area contributed by atoms with E-state index in [9.17, 15) is 0 Å². The molecule has 4 heteroatoms. The van der Waals surface area contributed by atoms with Crippen LogP contribution >= 0.6 is 0 Å². The Morgan fingerprint density at radius 1 is 1.10 bits per heavy atom. The van der Waals surface area contributed by atoms with Gasteiger partial charge in [0.1, 0.15) is 5.82 Å². The van der Waals surface area contributed by atoms with Crippen molar-refractivity contribution in [2.45, 2.75) is 38.1 Å². The van der Waals surface area contributed by atoms with Gasteiger partial charge in [0.2, 0.25) is 5.95 Å².